The van der Waals surface area contributed by atoms with Crippen molar-refractivity contribution in [1.29, 1.82) is 0 Å². The zero-order valence-corrected chi connectivity index (χ0v) is 22.2. The minimum Gasteiger partial charge on any atom is -0.387 e. The maximum absolute atomic E-state index is 12.0. The van der Waals surface area contributed by atoms with Crippen LogP contribution < -0.4 is 4.90 Å². The predicted molar refractivity (Wildman–Crippen MR) is 143 cm³/mol. The molecule has 6 heteroatoms. The molecule has 5 fully saturated rings. The van der Waals surface area contributed by atoms with Crippen molar-refractivity contribution in [2.45, 2.75) is 95.0 Å². The van der Waals surface area contributed by atoms with Crippen LogP contribution in [-0.2, 0) is 9.47 Å². The molecule has 6 nitrogen and oxygen atoms in total. The van der Waals surface area contributed by atoms with Gasteiger partial charge in [-0.15, -0.1) is 0 Å². The summed E-state index contributed by atoms with van der Waals surface area (Å²) < 4.78 is 12.1. The first-order valence-electron chi connectivity index (χ1n) is 14.9. The van der Waals surface area contributed by atoms with Gasteiger partial charge < -0.3 is 19.5 Å². The molecule has 0 aromatic heterocycles. The fourth-order valence-electron chi connectivity index (χ4n) is 9.50. The lowest BCUT2D eigenvalue weighted by Crippen LogP contribution is -2.52. The molecule has 7 atom stereocenters. The number of piperidine rings is 1. The molecule has 2 aliphatic heterocycles. The van der Waals surface area contributed by atoms with Gasteiger partial charge in [0.15, 0.2) is 5.79 Å². The van der Waals surface area contributed by atoms with Gasteiger partial charge in [0.25, 0.3) is 0 Å². The molecule has 4 aliphatic carbocycles. The van der Waals surface area contributed by atoms with Gasteiger partial charge >= 0.3 is 0 Å². The molecule has 0 radical (unpaired) electrons. The summed E-state index contributed by atoms with van der Waals surface area (Å²) in [5.74, 6) is 0.878. The van der Waals surface area contributed by atoms with E-state index in [0.29, 0.717) is 37.4 Å². The Morgan fingerprint density at radius 1 is 0.973 bits per heavy atom. The summed E-state index contributed by atoms with van der Waals surface area (Å²) in [6.45, 7) is 5.80. The lowest BCUT2D eigenvalue weighted by atomic mass is 9.51. The molecule has 3 saturated carbocycles. The van der Waals surface area contributed by atoms with E-state index < -0.39 is 11.9 Å². The topological polar surface area (TPSA) is 71.4 Å². The Bertz CT molecular complexity index is 1060. The van der Waals surface area contributed by atoms with Crippen LogP contribution in [0.5, 0.6) is 0 Å². The monoisotopic (exact) mass is 506 g/mol. The molecule has 4 unspecified atom stereocenters. The number of ether oxygens (including phenoxy) is 2. The molecule has 7 rings (SSSR count). The van der Waals surface area contributed by atoms with E-state index in [2.05, 4.69) is 41.3 Å². The van der Waals surface area contributed by atoms with Gasteiger partial charge in [-0.1, -0.05) is 35.4 Å². The highest BCUT2D eigenvalue weighted by Gasteiger charge is 2.59. The van der Waals surface area contributed by atoms with Gasteiger partial charge in [0.2, 0.25) is 0 Å². The van der Waals surface area contributed by atoms with Crippen LogP contribution in [0.15, 0.2) is 40.6 Å². The van der Waals surface area contributed by atoms with Crippen LogP contribution in [0.25, 0.3) is 0 Å². The summed E-state index contributed by atoms with van der Waals surface area (Å²) in [6.07, 6.45) is 9.97. The number of aliphatic hydroxyl groups is 1. The third kappa shape index (κ3) is 3.76. The van der Waals surface area contributed by atoms with Gasteiger partial charge in [0, 0.05) is 37.5 Å². The zero-order valence-electron chi connectivity index (χ0n) is 22.2. The number of nitrogens with zero attached hydrogens (tertiary/aromatic N) is 2. The third-order valence-electron chi connectivity index (χ3n) is 11.3. The summed E-state index contributed by atoms with van der Waals surface area (Å²) in [7, 11) is 0. The standard InChI is InChI=1S/C31H42N2O4/c1-30-19-25(20-5-8-22(9-6-20)33-13-3-2-4-14-33)29-23(26(30)11-12-27(30)32-35)10-7-21-18-31(36-15-16-37-31)28(34)17-24(21)29/h5-6,8-9,21,23,25-28,34H,2-4,7,10-19H2,1H3/t21?,23-,25?,26-,27?,28?,30-/m0/s1. The van der Waals surface area contributed by atoms with Crippen LogP contribution in [0.2, 0.25) is 0 Å². The molecule has 1 aromatic rings. The number of rotatable bonds is 3. The van der Waals surface area contributed by atoms with Gasteiger partial charge in [-0.25, -0.2) is 0 Å². The molecule has 200 valence electrons. The van der Waals surface area contributed by atoms with Crippen molar-refractivity contribution >= 4 is 5.69 Å². The quantitative estimate of drug-likeness (QED) is 0.406. The van der Waals surface area contributed by atoms with E-state index in [0.717, 1.165) is 51.6 Å². The Kier molecular flexibility index (Phi) is 6.02. The predicted octanol–water partition coefficient (Wildman–Crippen LogP) is 5.94. The first-order valence-corrected chi connectivity index (χ1v) is 14.9. The first kappa shape index (κ1) is 24.3. The van der Waals surface area contributed by atoms with E-state index in [9.17, 15) is 10.0 Å². The minimum absolute atomic E-state index is 0.0499. The second kappa shape index (κ2) is 9.17. The SMILES string of the molecule is C[C@]12CC(c3ccc(N4CCCCC4)cc3)C3=C4CC(O)C5(CC4CC[C@H]3[C@@H]1CCC2N=O)OCCO5. The molecular weight excluding hydrogens is 464 g/mol. The Balaban J connectivity index is 1.28. The molecule has 0 amide bonds. The molecule has 2 saturated heterocycles. The lowest BCUT2D eigenvalue weighted by Gasteiger charge is -2.54. The van der Waals surface area contributed by atoms with Crippen molar-refractivity contribution in [1.82, 2.24) is 0 Å². The number of fused-ring (bicyclic) bond motifs is 4. The van der Waals surface area contributed by atoms with E-state index >= 15 is 0 Å². The van der Waals surface area contributed by atoms with E-state index in [1.54, 1.807) is 5.57 Å². The van der Waals surface area contributed by atoms with Crippen LogP contribution in [0.4, 0.5) is 5.69 Å². The summed E-state index contributed by atoms with van der Waals surface area (Å²) in [6, 6.07) is 9.27. The molecule has 37 heavy (non-hydrogen) atoms. The fourth-order valence-corrected chi connectivity index (χ4v) is 9.50. The summed E-state index contributed by atoms with van der Waals surface area (Å²) in [5, 5.41) is 15.0. The highest BCUT2D eigenvalue weighted by Crippen LogP contribution is 2.65. The smallest absolute Gasteiger partial charge is 0.195 e. The number of aliphatic hydroxyl groups excluding tert-OH is 1. The van der Waals surface area contributed by atoms with Gasteiger partial charge in [0.05, 0.1) is 19.3 Å². The average Bonchev–Trinajstić information content (AvgIpc) is 3.54. The largest absolute Gasteiger partial charge is 0.387 e. The lowest BCUT2D eigenvalue weighted by molar-refractivity contribution is -0.238. The van der Waals surface area contributed by atoms with Crippen LogP contribution in [0.1, 0.15) is 82.6 Å². The average molecular weight is 507 g/mol. The number of hydrogen-bond donors (Lipinski definition) is 1. The third-order valence-corrected chi connectivity index (χ3v) is 11.3. The highest BCUT2D eigenvalue weighted by molar-refractivity contribution is 5.50. The second-order valence-electron chi connectivity index (χ2n) is 13.0. The van der Waals surface area contributed by atoms with Crippen LogP contribution in [0.3, 0.4) is 0 Å². The van der Waals surface area contributed by atoms with Crippen molar-refractivity contribution < 1.29 is 14.6 Å². The van der Waals surface area contributed by atoms with Crippen molar-refractivity contribution in [2.24, 2.45) is 28.3 Å². The van der Waals surface area contributed by atoms with E-state index in [4.69, 9.17) is 9.47 Å². The van der Waals surface area contributed by atoms with Crippen LogP contribution in [-0.4, -0.2) is 49.3 Å². The number of nitroso groups, excluding NO2 is 1. The van der Waals surface area contributed by atoms with Crippen molar-refractivity contribution in [2.75, 3.05) is 31.2 Å². The first-order chi connectivity index (χ1) is 18.0. The number of allylic oxidation sites excluding steroid dienone is 1. The number of anilines is 1. The Morgan fingerprint density at radius 2 is 1.73 bits per heavy atom. The maximum Gasteiger partial charge on any atom is 0.195 e. The fraction of sp³-hybridized carbons (Fsp3) is 0.742. The number of hydrogen-bond acceptors (Lipinski definition) is 6. The second-order valence-corrected chi connectivity index (χ2v) is 13.0. The summed E-state index contributed by atoms with van der Waals surface area (Å²) in [5.41, 5.74) is 5.71. The van der Waals surface area contributed by atoms with Gasteiger partial charge in [0.1, 0.15) is 6.10 Å². The molecule has 1 aromatic carbocycles. The molecule has 6 aliphatic rings. The molecule has 1 spiro atoms. The van der Waals surface area contributed by atoms with Crippen molar-refractivity contribution in [3.8, 4) is 0 Å². The summed E-state index contributed by atoms with van der Waals surface area (Å²) in [4.78, 5) is 14.5. The molecule has 1 N–H and O–H groups in total. The van der Waals surface area contributed by atoms with E-state index in [1.807, 2.05) is 0 Å². The molecular formula is C31H42N2O4. The van der Waals surface area contributed by atoms with E-state index in [1.165, 1.54) is 36.1 Å². The minimum atomic E-state index is -0.809. The van der Waals surface area contributed by atoms with Gasteiger partial charge in [-0.2, -0.15) is 4.91 Å². The number of benzene rings is 1. The van der Waals surface area contributed by atoms with Crippen LogP contribution >= 0.6 is 0 Å². The van der Waals surface area contributed by atoms with Gasteiger partial charge in [-0.3, -0.25) is 0 Å². The Hall–Kier alpha value is -1.76. The van der Waals surface area contributed by atoms with Crippen LogP contribution in [0, 0.1) is 28.1 Å². The zero-order chi connectivity index (χ0) is 25.2. The normalized spacial score (nSPS) is 40.9. The Labute approximate surface area is 220 Å². The van der Waals surface area contributed by atoms with Gasteiger partial charge in [-0.05, 0) is 92.2 Å². The van der Waals surface area contributed by atoms with Crippen molar-refractivity contribution in [3.63, 3.8) is 0 Å². The molecule has 0 bridgehead atoms. The Morgan fingerprint density at radius 3 is 2.46 bits per heavy atom. The molecule has 2 heterocycles. The van der Waals surface area contributed by atoms with E-state index in [-0.39, 0.29) is 17.4 Å². The maximum atomic E-state index is 12.0. The summed E-state index contributed by atoms with van der Waals surface area (Å²) >= 11 is 0. The highest BCUT2D eigenvalue weighted by atomic mass is 16.7. The van der Waals surface area contributed by atoms with Crippen molar-refractivity contribution in [3.05, 3.63) is 45.9 Å².